The van der Waals surface area contributed by atoms with Crippen LogP contribution in [0.2, 0.25) is 0 Å². The lowest BCUT2D eigenvalue weighted by atomic mass is 9.70. The number of aliphatic hydroxyl groups excluding tert-OH is 1. The minimum Gasteiger partial charge on any atom is -0.494 e. The number of benzene rings is 1. The summed E-state index contributed by atoms with van der Waals surface area (Å²) in [5.74, 6) is -0.391. The Morgan fingerprint density at radius 2 is 1.79 bits per heavy atom. The van der Waals surface area contributed by atoms with Crippen molar-refractivity contribution in [2.45, 2.75) is 99.6 Å². The predicted molar refractivity (Wildman–Crippen MR) is 153 cm³/mol. The van der Waals surface area contributed by atoms with E-state index in [4.69, 9.17) is 9.84 Å². The van der Waals surface area contributed by atoms with Crippen molar-refractivity contribution in [2.75, 3.05) is 25.1 Å². The zero-order valence-electron chi connectivity index (χ0n) is 23.0. The Bertz CT molecular complexity index is 1030. The highest BCUT2D eigenvalue weighted by molar-refractivity contribution is 8.02. The van der Waals surface area contributed by atoms with Gasteiger partial charge in [-0.25, -0.2) is 0 Å². The molecule has 3 N–H and O–H groups in total. The summed E-state index contributed by atoms with van der Waals surface area (Å²) in [5.41, 5.74) is 0.683. The number of hydrogen-bond acceptors (Lipinski definition) is 6. The normalized spacial score (nSPS) is 29.9. The fraction of sp³-hybridized carbons (Fsp3) is 0.700. The molecule has 9 heteroatoms. The molecule has 2 bridgehead atoms. The van der Waals surface area contributed by atoms with Crippen LogP contribution in [0.4, 0.5) is 5.69 Å². The number of fused-ring (bicyclic) bond motifs is 1. The lowest BCUT2D eigenvalue weighted by molar-refractivity contribution is -0.139. The summed E-state index contributed by atoms with van der Waals surface area (Å²) in [6.45, 7) is 3.19. The minimum atomic E-state index is -0.549. The summed E-state index contributed by atoms with van der Waals surface area (Å²) in [5, 5.41) is 15.5. The van der Waals surface area contributed by atoms with Crippen molar-refractivity contribution in [3.8, 4) is 5.75 Å². The molecule has 1 aliphatic carbocycles. The Balaban J connectivity index is 1.35. The number of nitrogens with one attached hydrogen (secondary N) is 2. The number of carbonyl (C=O) groups is 3. The zero-order valence-corrected chi connectivity index (χ0v) is 23.8. The van der Waals surface area contributed by atoms with Crippen LogP contribution in [-0.4, -0.2) is 69.6 Å². The molecule has 1 aromatic rings. The quantitative estimate of drug-likeness (QED) is 0.334. The van der Waals surface area contributed by atoms with Gasteiger partial charge in [-0.05, 0) is 69.7 Å². The van der Waals surface area contributed by atoms with E-state index in [-0.39, 0.29) is 35.6 Å². The van der Waals surface area contributed by atoms with Gasteiger partial charge in [0.25, 0.3) is 0 Å². The Kier molecular flexibility index (Phi) is 9.06. The van der Waals surface area contributed by atoms with E-state index in [1.807, 2.05) is 36.1 Å². The first-order valence-corrected chi connectivity index (χ1v) is 15.8. The average molecular weight is 558 g/mol. The van der Waals surface area contributed by atoms with Gasteiger partial charge in [0.15, 0.2) is 0 Å². The molecule has 4 aliphatic rings. The summed E-state index contributed by atoms with van der Waals surface area (Å²) < 4.78 is 4.96. The molecule has 214 valence electrons. The first-order chi connectivity index (χ1) is 19.0. The van der Waals surface area contributed by atoms with E-state index in [0.717, 1.165) is 70.0 Å². The molecule has 3 heterocycles. The number of aliphatic hydroxyl groups is 1. The second-order valence-electron chi connectivity index (χ2n) is 11.5. The molecule has 4 fully saturated rings. The number of rotatable bonds is 12. The fourth-order valence-electron chi connectivity index (χ4n) is 7.30. The van der Waals surface area contributed by atoms with Gasteiger partial charge in [-0.15, -0.1) is 11.8 Å². The van der Waals surface area contributed by atoms with Crippen molar-refractivity contribution in [1.82, 2.24) is 10.2 Å². The molecule has 2 unspecified atom stereocenters. The number of anilines is 1. The third-order valence-electron chi connectivity index (χ3n) is 9.04. The number of carbonyl (C=O) groups excluding carboxylic acids is 3. The third-order valence-corrected chi connectivity index (χ3v) is 11.0. The average Bonchev–Trinajstić information content (AvgIpc) is 3.58. The van der Waals surface area contributed by atoms with Gasteiger partial charge in [-0.3, -0.25) is 14.4 Å². The van der Waals surface area contributed by atoms with Gasteiger partial charge in [0.05, 0.1) is 23.2 Å². The second kappa shape index (κ2) is 12.5. The van der Waals surface area contributed by atoms with Crippen LogP contribution < -0.4 is 15.4 Å². The van der Waals surface area contributed by atoms with Crippen LogP contribution in [0.3, 0.4) is 0 Å². The van der Waals surface area contributed by atoms with Crippen LogP contribution >= 0.6 is 11.8 Å². The van der Waals surface area contributed by atoms with Gasteiger partial charge in [-0.2, -0.15) is 0 Å². The van der Waals surface area contributed by atoms with Gasteiger partial charge in [0, 0.05) is 30.1 Å². The molecule has 1 aromatic carbocycles. The summed E-state index contributed by atoms with van der Waals surface area (Å²) in [4.78, 5) is 43.5. The minimum absolute atomic E-state index is 0.0335. The first kappa shape index (κ1) is 28.3. The number of likely N-dealkylation sites (tertiary alicyclic amines) is 1. The van der Waals surface area contributed by atoms with Gasteiger partial charge < -0.3 is 25.4 Å². The molecule has 0 aromatic heterocycles. The third kappa shape index (κ3) is 5.67. The molecular formula is C30H43N3O5S. The molecule has 1 spiro atoms. The van der Waals surface area contributed by atoms with E-state index in [1.54, 1.807) is 11.8 Å². The molecular weight excluding hydrogens is 514 g/mol. The summed E-state index contributed by atoms with van der Waals surface area (Å²) in [6.07, 6.45) is 10.4. The molecule has 0 radical (unpaired) electrons. The van der Waals surface area contributed by atoms with E-state index < -0.39 is 22.6 Å². The van der Waals surface area contributed by atoms with Gasteiger partial charge in [0.2, 0.25) is 17.7 Å². The van der Waals surface area contributed by atoms with Crippen LogP contribution in [0, 0.1) is 11.8 Å². The number of ether oxygens (including phenoxy) is 1. The lowest BCUT2D eigenvalue weighted by Gasteiger charge is -2.35. The lowest BCUT2D eigenvalue weighted by Crippen LogP contribution is -2.55. The number of hydrogen-bond donors (Lipinski definition) is 3. The highest BCUT2D eigenvalue weighted by Gasteiger charge is 2.73. The van der Waals surface area contributed by atoms with Crippen LogP contribution in [0.1, 0.15) is 77.6 Å². The van der Waals surface area contributed by atoms with Gasteiger partial charge >= 0.3 is 0 Å². The van der Waals surface area contributed by atoms with Gasteiger partial charge in [-0.1, -0.05) is 32.1 Å². The SMILES string of the molecule is CCOc1ccc(NC(=O)[C@@H]2[C@H]3C(=O)N(CCCCCCO)C(C(=O)NC4CCCCC4)C34CC[C@H]2S4)cc1. The molecule has 8 nitrogen and oxygen atoms in total. The second-order valence-corrected chi connectivity index (χ2v) is 13.1. The van der Waals surface area contributed by atoms with Crippen molar-refractivity contribution in [1.29, 1.82) is 0 Å². The van der Waals surface area contributed by atoms with Gasteiger partial charge in [0.1, 0.15) is 11.8 Å². The van der Waals surface area contributed by atoms with Crippen LogP contribution in [0.5, 0.6) is 5.75 Å². The first-order valence-electron chi connectivity index (χ1n) is 14.9. The largest absolute Gasteiger partial charge is 0.494 e. The van der Waals surface area contributed by atoms with Crippen molar-refractivity contribution in [2.24, 2.45) is 11.8 Å². The zero-order chi connectivity index (χ0) is 27.4. The standard InChI is InChI=1S/C30H43N3O5S/c1-2-38-22-14-12-21(13-15-22)31-27(35)24-23-16-17-30(39-23)25(24)29(37)33(18-8-3-4-9-19-34)26(30)28(36)32-20-10-6-5-7-11-20/h12-15,20,23-26,34H,2-11,16-19H2,1H3,(H,31,35)(H,32,36)/t23-,24+,25+,26?,30?/m1/s1. The molecule has 1 saturated carbocycles. The topological polar surface area (TPSA) is 108 Å². The summed E-state index contributed by atoms with van der Waals surface area (Å²) in [7, 11) is 0. The number of unbranched alkanes of at least 4 members (excludes halogenated alkanes) is 3. The maximum atomic E-state index is 14.1. The Morgan fingerprint density at radius 3 is 2.51 bits per heavy atom. The van der Waals surface area contributed by atoms with Crippen LogP contribution in [0.15, 0.2) is 24.3 Å². The van der Waals surface area contributed by atoms with Crippen LogP contribution in [-0.2, 0) is 14.4 Å². The monoisotopic (exact) mass is 557 g/mol. The molecule has 5 atom stereocenters. The smallest absolute Gasteiger partial charge is 0.244 e. The summed E-state index contributed by atoms with van der Waals surface area (Å²) >= 11 is 1.72. The van der Waals surface area contributed by atoms with Crippen molar-refractivity contribution in [3.05, 3.63) is 24.3 Å². The molecule has 5 rings (SSSR count). The highest BCUT2D eigenvalue weighted by Crippen LogP contribution is 2.66. The fourth-order valence-corrected chi connectivity index (χ4v) is 9.52. The van der Waals surface area contributed by atoms with E-state index in [9.17, 15) is 14.4 Å². The number of thioether (sulfide) groups is 1. The maximum Gasteiger partial charge on any atom is 0.244 e. The Labute approximate surface area is 236 Å². The number of amides is 3. The molecule has 3 saturated heterocycles. The van der Waals surface area contributed by atoms with Crippen LogP contribution in [0.25, 0.3) is 0 Å². The van der Waals surface area contributed by atoms with Crippen molar-refractivity contribution < 1.29 is 24.2 Å². The van der Waals surface area contributed by atoms with Crippen molar-refractivity contribution >= 4 is 35.2 Å². The van der Waals surface area contributed by atoms with E-state index in [2.05, 4.69) is 10.6 Å². The Hall–Kier alpha value is -2.26. The maximum absolute atomic E-state index is 14.1. The van der Waals surface area contributed by atoms with E-state index >= 15 is 0 Å². The Morgan fingerprint density at radius 1 is 1.05 bits per heavy atom. The molecule has 3 amide bonds. The van der Waals surface area contributed by atoms with Crippen molar-refractivity contribution in [3.63, 3.8) is 0 Å². The number of nitrogens with zero attached hydrogens (tertiary/aromatic N) is 1. The van der Waals surface area contributed by atoms with E-state index in [1.165, 1.54) is 6.42 Å². The summed E-state index contributed by atoms with van der Waals surface area (Å²) in [6, 6.07) is 6.96. The predicted octanol–water partition coefficient (Wildman–Crippen LogP) is 4.12. The molecule has 39 heavy (non-hydrogen) atoms. The van der Waals surface area contributed by atoms with E-state index in [0.29, 0.717) is 18.8 Å². The molecule has 3 aliphatic heterocycles. The highest BCUT2D eigenvalue weighted by atomic mass is 32.2.